The summed E-state index contributed by atoms with van der Waals surface area (Å²) in [4.78, 5) is 0. The van der Waals surface area contributed by atoms with Crippen LogP contribution in [0, 0.1) is 23.0 Å². The summed E-state index contributed by atoms with van der Waals surface area (Å²) in [6.45, 7) is 4.62. The zero-order valence-electron chi connectivity index (χ0n) is 9.76. The van der Waals surface area contributed by atoms with Crippen molar-refractivity contribution >= 4 is 5.69 Å². The van der Waals surface area contributed by atoms with Crippen LogP contribution >= 0.6 is 0 Å². The minimum Gasteiger partial charge on any atom is -0.380 e. The average molecular weight is 240 g/mol. The third-order valence-electron chi connectivity index (χ3n) is 2.18. The Morgan fingerprint density at radius 2 is 2.12 bits per heavy atom. The number of hydrogen-bond acceptors (Lipinski definition) is 3. The van der Waals surface area contributed by atoms with Crippen LogP contribution < -0.4 is 5.32 Å². The molecular weight excluding hydrogens is 226 g/mol. The molecule has 0 radical (unpaired) electrons. The first-order valence-corrected chi connectivity index (χ1v) is 5.32. The first-order chi connectivity index (χ1) is 8.10. The molecule has 1 aromatic carbocycles. The lowest BCUT2D eigenvalue weighted by molar-refractivity contribution is 0.141. The molecule has 1 N–H and O–H groups in total. The summed E-state index contributed by atoms with van der Waals surface area (Å²) >= 11 is 0. The molecule has 0 aliphatic carbocycles. The number of hydrogen-bond donors (Lipinski definition) is 1. The Bertz CT molecular complexity index is 429. The smallest absolute Gasteiger partial charge is 0.183 e. The fourth-order valence-electron chi connectivity index (χ4n) is 1.35. The Hall–Kier alpha value is -1.67. The Labute approximate surface area is 99.0 Å². The minimum atomic E-state index is -1.12. The highest BCUT2D eigenvalue weighted by Crippen LogP contribution is 2.20. The van der Waals surface area contributed by atoms with Crippen LogP contribution in [0.4, 0.5) is 14.5 Å². The number of anilines is 1. The van der Waals surface area contributed by atoms with Gasteiger partial charge in [-0.3, -0.25) is 0 Å². The maximum Gasteiger partial charge on any atom is 0.183 e. The molecule has 5 heteroatoms. The van der Waals surface area contributed by atoms with Gasteiger partial charge < -0.3 is 10.1 Å². The van der Waals surface area contributed by atoms with E-state index in [9.17, 15) is 8.78 Å². The van der Waals surface area contributed by atoms with Crippen LogP contribution in [0.15, 0.2) is 12.1 Å². The Morgan fingerprint density at radius 1 is 1.41 bits per heavy atom. The summed E-state index contributed by atoms with van der Waals surface area (Å²) in [5.74, 6) is -2.16. The standard InChI is InChI=1S/C12H14F2N2O/c1-3-17-7-8(2)16-10-5-4-9(6-15)11(13)12(10)14/h4-5,8,16H,3,7H2,1-2H3. The number of nitriles is 1. The van der Waals surface area contributed by atoms with E-state index in [1.54, 1.807) is 13.0 Å². The van der Waals surface area contributed by atoms with Gasteiger partial charge in [0.1, 0.15) is 6.07 Å². The second-order valence-corrected chi connectivity index (χ2v) is 3.61. The predicted molar refractivity (Wildman–Crippen MR) is 60.7 cm³/mol. The van der Waals surface area contributed by atoms with Gasteiger partial charge in [0.15, 0.2) is 11.6 Å². The number of halogens is 2. The van der Waals surface area contributed by atoms with Crippen molar-refractivity contribution in [3.8, 4) is 6.07 Å². The number of benzene rings is 1. The molecule has 0 saturated heterocycles. The molecule has 1 aromatic rings. The molecule has 1 unspecified atom stereocenters. The number of nitrogens with zero attached hydrogens (tertiary/aromatic N) is 1. The van der Waals surface area contributed by atoms with Crippen LogP contribution in [0.25, 0.3) is 0 Å². The molecule has 0 heterocycles. The minimum absolute atomic E-state index is 0.0358. The van der Waals surface area contributed by atoms with Crippen LogP contribution in [0.5, 0.6) is 0 Å². The summed E-state index contributed by atoms with van der Waals surface area (Å²) in [6, 6.07) is 4.03. The van der Waals surface area contributed by atoms with Gasteiger partial charge in [0.2, 0.25) is 0 Å². The quantitative estimate of drug-likeness (QED) is 0.860. The van der Waals surface area contributed by atoms with Crippen molar-refractivity contribution in [3.63, 3.8) is 0 Å². The molecule has 92 valence electrons. The van der Waals surface area contributed by atoms with Gasteiger partial charge in [-0.2, -0.15) is 5.26 Å². The highest BCUT2D eigenvalue weighted by molar-refractivity contribution is 5.50. The SMILES string of the molecule is CCOCC(C)Nc1ccc(C#N)c(F)c1F. The topological polar surface area (TPSA) is 45.0 Å². The third-order valence-corrected chi connectivity index (χ3v) is 2.18. The zero-order valence-corrected chi connectivity index (χ0v) is 9.76. The fraction of sp³-hybridized carbons (Fsp3) is 0.417. The molecular formula is C12H14F2N2O. The van der Waals surface area contributed by atoms with Crippen LogP contribution in [0.3, 0.4) is 0 Å². The van der Waals surface area contributed by atoms with Gasteiger partial charge in [0, 0.05) is 12.6 Å². The second-order valence-electron chi connectivity index (χ2n) is 3.61. The third kappa shape index (κ3) is 3.40. The molecule has 0 saturated carbocycles. The second kappa shape index (κ2) is 6.16. The molecule has 1 rings (SSSR count). The van der Waals surface area contributed by atoms with Crippen molar-refractivity contribution < 1.29 is 13.5 Å². The summed E-state index contributed by atoms with van der Waals surface area (Å²) in [6.07, 6.45) is 0. The van der Waals surface area contributed by atoms with Crippen molar-refractivity contribution in [2.75, 3.05) is 18.5 Å². The van der Waals surface area contributed by atoms with Gasteiger partial charge in [-0.05, 0) is 26.0 Å². The first-order valence-electron chi connectivity index (χ1n) is 5.32. The molecule has 0 aromatic heterocycles. The van der Waals surface area contributed by atoms with Crippen molar-refractivity contribution in [3.05, 3.63) is 29.3 Å². The predicted octanol–water partition coefficient (Wildman–Crippen LogP) is 2.67. The van der Waals surface area contributed by atoms with Crippen molar-refractivity contribution in [2.24, 2.45) is 0 Å². The molecule has 0 amide bonds. The van der Waals surface area contributed by atoms with Crippen molar-refractivity contribution in [1.82, 2.24) is 0 Å². The lowest BCUT2D eigenvalue weighted by Gasteiger charge is -2.15. The monoisotopic (exact) mass is 240 g/mol. The van der Waals surface area contributed by atoms with Gasteiger partial charge in [-0.1, -0.05) is 0 Å². The van der Waals surface area contributed by atoms with Crippen LogP contribution in [0.1, 0.15) is 19.4 Å². The number of ether oxygens (including phenoxy) is 1. The highest BCUT2D eigenvalue weighted by atomic mass is 19.2. The molecule has 0 spiro atoms. The van der Waals surface area contributed by atoms with Crippen LogP contribution in [-0.2, 0) is 4.74 Å². The zero-order chi connectivity index (χ0) is 12.8. The maximum absolute atomic E-state index is 13.5. The van der Waals surface area contributed by atoms with E-state index in [1.165, 1.54) is 12.1 Å². The summed E-state index contributed by atoms with van der Waals surface area (Å²) in [5.41, 5.74) is -0.265. The van der Waals surface area contributed by atoms with Crippen LogP contribution in [0.2, 0.25) is 0 Å². The fourth-order valence-corrected chi connectivity index (χ4v) is 1.35. The van der Waals surface area contributed by atoms with Crippen LogP contribution in [-0.4, -0.2) is 19.3 Å². The Balaban J connectivity index is 2.79. The summed E-state index contributed by atoms with van der Waals surface area (Å²) < 4.78 is 31.9. The lowest BCUT2D eigenvalue weighted by atomic mass is 10.2. The van der Waals surface area contributed by atoms with E-state index in [0.29, 0.717) is 13.2 Å². The average Bonchev–Trinajstić information content (AvgIpc) is 2.33. The lowest BCUT2D eigenvalue weighted by Crippen LogP contribution is -2.22. The molecule has 0 bridgehead atoms. The van der Waals surface area contributed by atoms with E-state index in [2.05, 4.69) is 5.32 Å². The van der Waals surface area contributed by atoms with E-state index in [-0.39, 0.29) is 17.3 Å². The van der Waals surface area contributed by atoms with E-state index < -0.39 is 11.6 Å². The Kier molecular flexibility index (Phi) is 4.85. The maximum atomic E-state index is 13.5. The molecule has 17 heavy (non-hydrogen) atoms. The highest BCUT2D eigenvalue weighted by Gasteiger charge is 2.14. The van der Waals surface area contributed by atoms with E-state index >= 15 is 0 Å². The molecule has 0 aliphatic heterocycles. The van der Waals surface area contributed by atoms with Gasteiger partial charge >= 0.3 is 0 Å². The van der Waals surface area contributed by atoms with Crippen molar-refractivity contribution in [2.45, 2.75) is 19.9 Å². The van der Waals surface area contributed by atoms with Gasteiger partial charge in [-0.25, -0.2) is 8.78 Å². The molecule has 3 nitrogen and oxygen atoms in total. The van der Waals surface area contributed by atoms with E-state index in [4.69, 9.17) is 10.00 Å². The van der Waals surface area contributed by atoms with Gasteiger partial charge in [0.25, 0.3) is 0 Å². The van der Waals surface area contributed by atoms with Gasteiger partial charge in [-0.15, -0.1) is 0 Å². The first kappa shape index (κ1) is 13.4. The Morgan fingerprint density at radius 3 is 2.71 bits per heavy atom. The number of nitrogens with one attached hydrogen (secondary N) is 1. The molecule has 0 aliphatic rings. The van der Waals surface area contributed by atoms with E-state index in [1.807, 2.05) is 6.92 Å². The molecule has 1 atom stereocenters. The largest absolute Gasteiger partial charge is 0.380 e. The summed E-state index contributed by atoms with van der Waals surface area (Å²) in [7, 11) is 0. The number of rotatable bonds is 5. The summed E-state index contributed by atoms with van der Waals surface area (Å²) in [5, 5.41) is 11.3. The van der Waals surface area contributed by atoms with Crippen molar-refractivity contribution in [1.29, 1.82) is 5.26 Å². The normalized spacial score (nSPS) is 11.9. The molecule has 0 fully saturated rings. The van der Waals surface area contributed by atoms with E-state index in [0.717, 1.165) is 0 Å². The van der Waals surface area contributed by atoms with Gasteiger partial charge in [0.05, 0.1) is 17.9 Å².